The summed E-state index contributed by atoms with van der Waals surface area (Å²) in [6.45, 7) is 3.42. The topological polar surface area (TPSA) is 49.4 Å². The van der Waals surface area contributed by atoms with Crippen LogP contribution in [-0.2, 0) is 9.59 Å². The van der Waals surface area contributed by atoms with Gasteiger partial charge in [-0.25, -0.2) is 8.78 Å². The van der Waals surface area contributed by atoms with E-state index in [9.17, 15) is 18.4 Å². The first kappa shape index (κ1) is 14.4. The van der Waals surface area contributed by atoms with E-state index in [1.165, 1.54) is 0 Å². The number of anilines is 1. The van der Waals surface area contributed by atoms with Gasteiger partial charge in [-0.3, -0.25) is 14.5 Å². The lowest BCUT2D eigenvalue weighted by molar-refractivity contribution is -0.132. The number of rotatable bonds is 3. The van der Waals surface area contributed by atoms with Crippen LogP contribution in [0.3, 0.4) is 0 Å². The Bertz CT molecular complexity index is 548. The molecule has 0 aliphatic carbocycles. The number of piperazine rings is 1. The molecule has 6 heteroatoms. The average molecular weight is 282 g/mol. The summed E-state index contributed by atoms with van der Waals surface area (Å²) in [6, 6.07) is 2.14. The second-order valence-electron chi connectivity index (χ2n) is 4.95. The minimum Gasteiger partial charge on any atom is -0.342 e. The average Bonchev–Trinajstić information content (AvgIpc) is 2.43. The molecule has 108 valence electrons. The molecule has 0 radical (unpaired) electrons. The monoisotopic (exact) mass is 282 g/mol. The molecule has 0 spiro atoms. The predicted molar refractivity (Wildman–Crippen MR) is 70.1 cm³/mol. The van der Waals surface area contributed by atoms with E-state index in [1.807, 2.05) is 13.8 Å². The van der Waals surface area contributed by atoms with Crippen molar-refractivity contribution in [2.75, 3.05) is 11.4 Å². The molecule has 1 fully saturated rings. The number of carbonyl (C=O) groups excluding carboxylic acids is 2. The van der Waals surface area contributed by atoms with Gasteiger partial charge in [-0.05, 0) is 18.1 Å². The Morgan fingerprint density at radius 3 is 2.75 bits per heavy atom. The van der Waals surface area contributed by atoms with Crippen molar-refractivity contribution in [1.82, 2.24) is 5.32 Å². The molecule has 1 heterocycles. The first-order valence-electron chi connectivity index (χ1n) is 6.49. The van der Waals surface area contributed by atoms with Crippen LogP contribution in [0.4, 0.5) is 14.5 Å². The number of hydrogen-bond acceptors (Lipinski definition) is 2. The van der Waals surface area contributed by atoms with Crippen molar-refractivity contribution >= 4 is 17.5 Å². The maximum atomic E-state index is 13.8. The molecule has 0 aromatic heterocycles. The van der Waals surface area contributed by atoms with Gasteiger partial charge >= 0.3 is 0 Å². The molecule has 0 saturated carbocycles. The van der Waals surface area contributed by atoms with Crippen LogP contribution >= 0.6 is 0 Å². The number of benzene rings is 1. The summed E-state index contributed by atoms with van der Waals surface area (Å²) in [5.74, 6) is -2.24. The summed E-state index contributed by atoms with van der Waals surface area (Å²) in [5, 5.41) is 2.60. The highest BCUT2D eigenvalue weighted by Crippen LogP contribution is 2.24. The summed E-state index contributed by atoms with van der Waals surface area (Å²) in [6.07, 6.45) is 0.691. The van der Waals surface area contributed by atoms with Crippen LogP contribution in [0.25, 0.3) is 0 Å². The van der Waals surface area contributed by atoms with Crippen LogP contribution in [-0.4, -0.2) is 24.4 Å². The van der Waals surface area contributed by atoms with Crippen molar-refractivity contribution in [1.29, 1.82) is 0 Å². The zero-order chi connectivity index (χ0) is 14.9. The van der Waals surface area contributed by atoms with Crippen molar-refractivity contribution in [3.63, 3.8) is 0 Å². The minimum absolute atomic E-state index is 0.0779. The maximum absolute atomic E-state index is 13.8. The molecule has 1 aliphatic rings. The molecule has 2 unspecified atom stereocenters. The molecule has 2 atom stereocenters. The normalized spacial score (nSPS) is 20.8. The standard InChI is InChI=1S/C14H16F2N2O2/c1-3-8(2)13-14(20)18(7-12(19)17-13)11-6-9(15)4-5-10(11)16/h4-6,8,13H,3,7H2,1-2H3,(H,17,19). The Morgan fingerprint density at radius 1 is 1.40 bits per heavy atom. The zero-order valence-electron chi connectivity index (χ0n) is 11.3. The summed E-state index contributed by atoms with van der Waals surface area (Å²) < 4.78 is 27.0. The van der Waals surface area contributed by atoms with Gasteiger partial charge in [0.15, 0.2) is 0 Å². The quantitative estimate of drug-likeness (QED) is 0.919. The third-order valence-electron chi connectivity index (χ3n) is 3.56. The van der Waals surface area contributed by atoms with Crippen molar-refractivity contribution in [3.8, 4) is 0 Å². The van der Waals surface area contributed by atoms with Crippen LogP contribution in [0, 0.1) is 17.6 Å². The smallest absolute Gasteiger partial charge is 0.250 e. The predicted octanol–water partition coefficient (Wildman–Crippen LogP) is 1.84. The highest BCUT2D eigenvalue weighted by Gasteiger charge is 2.37. The number of halogens is 2. The highest BCUT2D eigenvalue weighted by atomic mass is 19.1. The van der Waals surface area contributed by atoms with E-state index in [4.69, 9.17) is 0 Å². The second kappa shape index (κ2) is 5.56. The van der Waals surface area contributed by atoms with Crippen LogP contribution in [0.2, 0.25) is 0 Å². The number of nitrogens with one attached hydrogen (secondary N) is 1. The number of amides is 2. The Kier molecular flexibility index (Phi) is 4.01. The molecule has 1 aromatic rings. The van der Waals surface area contributed by atoms with E-state index in [0.717, 1.165) is 23.1 Å². The van der Waals surface area contributed by atoms with E-state index in [1.54, 1.807) is 0 Å². The zero-order valence-corrected chi connectivity index (χ0v) is 11.3. The fourth-order valence-electron chi connectivity index (χ4n) is 2.19. The van der Waals surface area contributed by atoms with Crippen molar-refractivity contribution in [2.45, 2.75) is 26.3 Å². The Morgan fingerprint density at radius 2 is 2.10 bits per heavy atom. The molecule has 1 saturated heterocycles. The third-order valence-corrected chi connectivity index (χ3v) is 3.56. The lowest BCUT2D eigenvalue weighted by atomic mass is 9.96. The lowest BCUT2D eigenvalue weighted by Gasteiger charge is -2.35. The molecule has 1 aliphatic heterocycles. The first-order chi connectivity index (χ1) is 9.43. The summed E-state index contributed by atoms with van der Waals surface area (Å²) in [7, 11) is 0. The van der Waals surface area contributed by atoms with Gasteiger partial charge in [-0.1, -0.05) is 20.3 Å². The molecule has 2 amide bonds. The summed E-state index contributed by atoms with van der Waals surface area (Å²) >= 11 is 0. The van der Waals surface area contributed by atoms with Gasteiger partial charge in [0.2, 0.25) is 11.8 Å². The molecule has 0 bridgehead atoms. The molecular formula is C14H16F2N2O2. The largest absolute Gasteiger partial charge is 0.342 e. The van der Waals surface area contributed by atoms with Gasteiger partial charge in [-0.2, -0.15) is 0 Å². The lowest BCUT2D eigenvalue weighted by Crippen LogP contribution is -2.60. The van der Waals surface area contributed by atoms with Gasteiger partial charge in [0, 0.05) is 6.07 Å². The Hall–Kier alpha value is -1.98. The van der Waals surface area contributed by atoms with Crippen molar-refractivity contribution < 1.29 is 18.4 Å². The fourth-order valence-corrected chi connectivity index (χ4v) is 2.19. The number of carbonyl (C=O) groups is 2. The summed E-state index contributed by atoms with van der Waals surface area (Å²) in [5.41, 5.74) is -0.196. The van der Waals surface area contributed by atoms with Crippen LogP contribution in [0.1, 0.15) is 20.3 Å². The third kappa shape index (κ3) is 2.64. The van der Waals surface area contributed by atoms with E-state index in [0.29, 0.717) is 6.42 Å². The molecular weight excluding hydrogens is 266 g/mol. The second-order valence-corrected chi connectivity index (χ2v) is 4.95. The van der Waals surface area contributed by atoms with Gasteiger partial charge in [0.25, 0.3) is 0 Å². The van der Waals surface area contributed by atoms with Gasteiger partial charge in [-0.15, -0.1) is 0 Å². The Balaban J connectivity index is 2.37. The number of nitrogens with zero attached hydrogens (tertiary/aromatic N) is 1. The van der Waals surface area contributed by atoms with Crippen molar-refractivity contribution in [3.05, 3.63) is 29.8 Å². The maximum Gasteiger partial charge on any atom is 0.250 e. The summed E-state index contributed by atoms with van der Waals surface area (Å²) in [4.78, 5) is 25.1. The molecule has 20 heavy (non-hydrogen) atoms. The van der Waals surface area contributed by atoms with E-state index >= 15 is 0 Å². The van der Waals surface area contributed by atoms with E-state index in [2.05, 4.69) is 5.32 Å². The van der Waals surface area contributed by atoms with E-state index in [-0.39, 0.29) is 24.1 Å². The van der Waals surface area contributed by atoms with Gasteiger partial charge in [0.05, 0.1) is 5.69 Å². The van der Waals surface area contributed by atoms with Gasteiger partial charge < -0.3 is 5.32 Å². The van der Waals surface area contributed by atoms with Crippen LogP contribution in [0.15, 0.2) is 18.2 Å². The van der Waals surface area contributed by atoms with E-state index < -0.39 is 23.6 Å². The van der Waals surface area contributed by atoms with Gasteiger partial charge in [0.1, 0.15) is 24.2 Å². The molecule has 1 N–H and O–H groups in total. The first-order valence-corrected chi connectivity index (χ1v) is 6.49. The van der Waals surface area contributed by atoms with Crippen LogP contribution < -0.4 is 10.2 Å². The Labute approximate surface area is 115 Å². The SMILES string of the molecule is CCC(C)C1NC(=O)CN(c2cc(F)ccc2F)C1=O. The molecule has 2 rings (SSSR count). The minimum atomic E-state index is -0.725. The molecule has 1 aromatic carbocycles. The fraction of sp³-hybridized carbons (Fsp3) is 0.429. The highest BCUT2D eigenvalue weighted by molar-refractivity contribution is 6.06. The van der Waals surface area contributed by atoms with Crippen molar-refractivity contribution in [2.24, 2.45) is 5.92 Å². The molecule has 4 nitrogen and oxygen atoms in total. The van der Waals surface area contributed by atoms with Crippen LogP contribution in [0.5, 0.6) is 0 Å². The number of hydrogen-bond donors (Lipinski definition) is 1.